The van der Waals surface area contributed by atoms with E-state index in [2.05, 4.69) is 17.2 Å². The predicted octanol–water partition coefficient (Wildman–Crippen LogP) is 5.03. The molecule has 0 radical (unpaired) electrons. The Morgan fingerprint density at radius 3 is 1.45 bits per heavy atom. The summed E-state index contributed by atoms with van der Waals surface area (Å²) in [5, 5.41) is 27.3. The van der Waals surface area contributed by atoms with Crippen LogP contribution in [0.1, 0.15) is 117 Å². The number of nitrogens with one attached hydrogen (secondary N) is 1. The first-order chi connectivity index (χ1) is 14.1. The molecule has 174 valence electrons. The van der Waals surface area contributed by atoms with Crippen molar-refractivity contribution >= 4 is 0 Å². The summed E-state index contributed by atoms with van der Waals surface area (Å²) in [4.78, 5) is 0. The Balaban J connectivity index is 1.89. The van der Waals surface area contributed by atoms with Crippen molar-refractivity contribution in [2.75, 3.05) is 32.7 Å². The van der Waals surface area contributed by atoms with Crippen molar-refractivity contribution in [2.24, 2.45) is 0 Å². The molecule has 0 saturated carbocycles. The third-order valence-corrected chi connectivity index (χ3v) is 6.15. The van der Waals surface area contributed by atoms with E-state index in [0.29, 0.717) is 0 Å². The van der Waals surface area contributed by atoms with E-state index in [1.54, 1.807) is 5.01 Å². The Labute approximate surface area is 181 Å². The van der Waals surface area contributed by atoms with Crippen molar-refractivity contribution in [1.82, 2.24) is 15.3 Å². The second-order valence-electron chi connectivity index (χ2n) is 9.10. The van der Waals surface area contributed by atoms with Crippen LogP contribution in [-0.4, -0.2) is 58.9 Å². The average molecular weight is 414 g/mol. The number of aliphatic hydroxyl groups is 2. The number of piperazine rings is 1. The van der Waals surface area contributed by atoms with Crippen LogP contribution in [0.5, 0.6) is 0 Å². The topological polar surface area (TPSA) is 59.0 Å². The fraction of sp³-hybridized carbons (Fsp3) is 1.00. The molecule has 1 aliphatic rings. The van der Waals surface area contributed by atoms with Crippen molar-refractivity contribution in [3.8, 4) is 0 Å². The summed E-state index contributed by atoms with van der Waals surface area (Å²) in [5.41, 5.74) is 0. The normalized spacial score (nSPS) is 16.0. The maximum Gasteiger partial charge on any atom is 0.234 e. The van der Waals surface area contributed by atoms with Gasteiger partial charge in [-0.1, -0.05) is 103 Å². The number of hydrogen-bond acceptors (Lipinski definition) is 5. The molecule has 0 aromatic carbocycles. The van der Waals surface area contributed by atoms with E-state index in [-0.39, 0.29) is 0 Å². The number of nitrogens with zero attached hydrogens (tertiary/aromatic N) is 2. The second kappa shape index (κ2) is 17.5. The van der Waals surface area contributed by atoms with Gasteiger partial charge in [-0.2, -0.15) is 5.01 Å². The van der Waals surface area contributed by atoms with Gasteiger partial charge in [0.25, 0.3) is 0 Å². The quantitative estimate of drug-likeness (QED) is 0.205. The number of unbranched alkanes of at least 4 members (excludes halogenated alkanes) is 15. The van der Waals surface area contributed by atoms with E-state index in [1.807, 2.05) is 0 Å². The molecule has 0 aliphatic carbocycles. The lowest BCUT2D eigenvalue weighted by molar-refractivity contribution is -0.316. The summed E-state index contributed by atoms with van der Waals surface area (Å²) in [6, 6.07) is 0. The molecule has 0 atom stereocenters. The zero-order valence-electron chi connectivity index (χ0n) is 19.6. The molecular weight excluding hydrogens is 362 g/mol. The lowest BCUT2D eigenvalue weighted by atomic mass is 10.0. The van der Waals surface area contributed by atoms with Crippen LogP contribution < -0.4 is 5.32 Å². The summed E-state index contributed by atoms with van der Waals surface area (Å²) in [7, 11) is 0. The van der Waals surface area contributed by atoms with E-state index in [9.17, 15) is 10.2 Å². The van der Waals surface area contributed by atoms with Gasteiger partial charge in [-0.15, -0.1) is 0 Å². The van der Waals surface area contributed by atoms with Crippen LogP contribution in [0.15, 0.2) is 0 Å². The maximum absolute atomic E-state index is 10.1. The standard InChI is InChI=1S/C24H51N3O2/c1-3-4-5-6-7-8-9-10-11-12-13-14-15-16-17-18-21-27(24(2,28)29)26-22-19-25-20-23-26/h25,28-29H,3-23H2,1-2H3. The molecule has 1 aliphatic heterocycles. The van der Waals surface area contributed by atoms with E-state index in [1.165, 1.54) is 103 Å². The van der Waals surface area contributed by atoms with Crippen molar-refractivity contribution in [3.05, 3.63) is 0 Å². The van der Waals surface area contributed by atoms with Gasteiger partial charge in [-0.25, -0.2) is 5.01 Å². The van der Waals surface area contributed by atoms with Crippen LogP contribution in [0, 0.1) is 0 Å². The Morgan fingerprint density at radius 1 is 0.690 bits per heavy atom. The molecule has 0 aromatic heterocycles. The first kappa shape index (κ1) is 26.8. The van der Waals surface area contributed by atoms with Crippen LogP contribution in [0.25, 0.3) is 0 Å². The molecule has 0 bridgehead atoms. The molecule has 1 heterocycles. The van der Waals surface area contributed by atoms with Crippen LogP contribution in [0.2, 0.25) is 0 Å². The Kier molecular flexibility index (Phi) is 16.2. The van der Waals surface area contributed by atoms with E-state index in [0.717, 1.165) is 39.1 Å². The highest BCUT2D eigenvalue weighted by Gasteiger charge is 2.31. The highest BCUT2D eigenvalue weighted by atomic mass is 16.5. The lowest BCUT2D eigenvalue weighted by Crippen LogP contribution is -2.60. The van der Waals surface area contributed by atoms with Crippen LogP contribution >= 0.6 is 0 Å². The van der Waals surface area contributed by atoms with Gasteiger partial charge in [0.2, 0.25) is 5.91 Å². The highest BCUT2D eigenvalue weighted by Crippen LogP contribution is 2.16. The molecule has 0 amide bonds. The number of rotatable bonds is 19. The zero-order valence-corrected chi connectivity index (χ0v) is 19.6. The molecule has 1 rings (SSSR count). The molecule has 3 N–H and O–H groups in total. The SMILES string of the molecule is CCCCCCCCCCCCCCCCCCN(N1CCNCC1)C(C)(O)O. The summed E-state index contributed by atoms with van der Waals surface area (Å²) >= 11 is 0. The minimum atomic E-state index is -1.76. The van der Waals surface area contributed by atoms with Gasteiger partial charge in [0.1, 0.15) is 0 Å². The molecule has 0 aromatic rings. The average Bonchev–Trinajstić information content (AvgIpc) is 2.70. The number of hydrogen-bond donors (Lipinski definition) is 3. The Morgan fingerprint density at radius 2 is 1.07 bits per heavy atom. The highest BCUT2D eigenvalue weighted by molar-refractivity contribution is 4.70. The minimum Gasteiger partial charge on any atom is -0.353 e. The van der Waals surface area contributed by atoms with Gasteiger partial charge < -0.3 is 15.5 Å². The Bertz CT molecular complexity index is 355. The molecule has 5 heteroatoms. The van der Waals surface area contributed by atoms with E-state index in [4.69, 9.17) is 0 Å². The van der Waals surface area contributed by atoms with Gasteiger partial charge in [0.05, 0.1) is 0 Å². The van der Waals surface area contributed by atoms with Gasteiger partial charge in [0, 0.05) is 39.6 Å². The zero-order chi connectivity index (χ0) is 21.2. The third-order valence-electron chi connectivity index (χ3n) is 6.15. The van der Waals surface area contributed by atoms with Crippen molar-refractivity contribution in [2.45, 2.75) is 122 Å². The van der Waals surface area contributed by atoms with Crippen molar-refractivity contribution < 1.29 is 10.2 Å². The van der Waals surface area contributed by atoms with Gasteiger partial charge in [0.15, 0.2) is 0 Å². The van der Waals surface area contributed by atoms with Gasteiger partial charge >= 0.3 is 0 Å². The molecule has 1 saturated heterocycles. The maximum atomic E-state index is 10.1. The van der Waals surface area contributed by atoms with Crippen LogP contribution in [0.4, 0.5) is 0 Å². The molecule has 0 unspecified atom stereocenters. The second-order valence-corrected chi connectivity index (χ2v) is 9.10. The molecule has 1 fully saturated rings. The van der Waals surface area contributed by atoms with Crippen molar-refractivity contribution in [3.63, 3.8) is 0 Å². The number of hydrazine groups is 1. The lowest BCUT2D eigenvalue weighted by Gasteiger charge is -2.43. The summed E-state index contributed by atoms with van der Waals surface area (Å²) in [6.45, 7) is 7.98. The minimum absolute atomic E-state index is 0.724. The summed E-state index contributed by atoms with van der Waals surface area (Å²) < 4.78 is 0. The smallest absolute Gasteiger partial charge is 0.234 e. The fourth-order valence-electron chi connectivity index (χ4n) is 4.33. The summed E-state index contributed by atoms with van der Waals surface area (Å²) in [6.07, 6.45) is 21.7. The van der Waals surface area contributed by atoms with Gasteiger partial charge in [-0.3, -0.25) is 0 Å². The fourth-order valence-corrected chi connectivity index (χ4v) is 4.33. The van der Waals surface area contributed by atoms with E-state index >= 15 is 0 Å². The molecular formula is C24H51N3O2. The predicted molar refractivity (Wildman–Crippen MR) is 124 cm³/mol. The van der Waals surface area contributed by atoms with Crippen LogP contribution in [-0.2, 0) is 0 Å². The Hall–Kier alpha value is -0.200. The van der Waals surface area contributed by atoms with E-state index < -0.39 is 5.91 Å². The largest absolute Gasteiger partial charge is 0.353 e. The van der Waals surface area contributed by atoms with Gasteiger partial charge in [-0.05, 0) is 6.42 Å². The molecule has 0 spiro atoms. The monoisotopic (exact) mass is 413 g/mol. The first-order valence-corrected chi connectivity index (χ1v) is 12.7. The third kappa shape index (κ3) is 14.4. The van der Waals surface area contributed by atoms with Crippen LogP contribution in [0.3, 0.4) is 0 Å². The first-order valence-electron chi connectivity index (χ1n) is 12.7. The summed E-state index contributed by atoms with van der Waals surface area (Å²) in [5.74, 6) is -1.76. The molecule has 29 heavy (non-hydrogen) atoms. The van der Waals surface area contributed by atoms with Crippen molar-refractivity contribution in [1.29, 1.82) is 0 Å². The molecule has 5 nitrogen and oxygen atoms in total.